The van der Waals surface area contributed by atoms with Crippen LogP contribution in [0.5, 0.6) is 17.2 Å². The number of hydrogen-bond acceptors (Lipinski definition) is 5. The van der Waals surface area contributed by atoms with Gasteiger partial charge in [-0.3, -0.25) is 9.47 Å². The van der Waals surface area contributed by atoms with Crippen molar-refractivity contribution in [1.82, 2.24) is 0 Å². The lowest BCUT2D eigenvalue weighted by molar-refractivity contribution is -0.330. The van der Waals surface area contributed by atoms with Gasteiger partial charge in [0.25, 0.3) is 0 Å². The van der Waals surface area contributed by atoms with Crippen molar-refractivity contribution in [3.05, 3.63) is 53.1 Å². The molecule has 1 atom stereocenters. The van der Waals surface area contributed by atoms with Crippen molar-refractivity contribution in [2.45, 2.75) is 66.0 Å². The molecule has 11 heteroatoms. The molecule has 2 aromatic rings. The monoisotopic (exact) mass is 552 g/mol. The van der Waals surface area contributed by atoms with Gasteiger partial charge in [0, 0.05) is 11.1 Å². The molecule has 0 saturated heterocycles. The van der Waals surface area contributed by atoms with Crippen LogP contribution in [-0.4, -0.2) is 33.0 Å². The molecule has 0 aromatic heterocycles. The Morgan fingerprint density at radius 2 is 1.21 bits per heavy atom. The van der Waals surface area contributed by atoms with Gasteiger partial charge in [0.15, 0.2) is 0 Å². The Morgan fingerprint density at radius 1 is 0.711 bits per heavy atom. The standard InChI is InChI=1S/C27H34F6O5/c1-17(2)12-24(18(3)4)19-6-8-22(9-7-19)35-10-11-36-25-20(15-37-26(28,29)30)13-23(34-5)14-21(25)16-38-27(31,32)33/h6-9,13-14,17-18,24H,10-12,15-16H2,1-5H3. The summed E-state index contributed by atoms with van der Waals surface area (Å²) in [4.78, 5) is 0. The molecule has 0 fully saturated rings. The first-order chi connectivity index (χ1) is 17.7. The van der Waals surface area contributed by atoms with E-state index in [9.17, 15) is 26.3 Å². The van der Waals surface area contributed by atoms with E-state index in [1.165, 1.54) is 24.8 Å². The van der Waals surface area contributed by atoms with Crippen LogP contribution in [0.25, 0.3) is 0 Å². The van der Waals surface area contributed by atoms with Gasteiger partial charge in [-0.2, -0.15) is 0 Å². The van der Waals surface area contributed by atoms with Crippen molar-refractivity contribution in [3.8, 4) is 17.2 Å². The lowest BCUT2D eigenvalue weighted by Gasteiger charge is -2.23. The van der Waals surface area contributed by atoms with Crippen molar-refractivity contribution in [3.63, 3.8) is 0 Å². The number of ether oxygens (including phenoxy) is 5. The maximum Gasteiger partial charge on any atom is 0.522 e. The molecule has 1 unspecified atom stereocenters. The average molecular weight is 553 g/mol. The molecular weight excluding hydrogens is 518 g/mol. The Morgan fingerprint density at radius 3 is 1.63 bits per heavy atom. The van der Waals surface area contributed by atoms with Crippen molar-refractivity contribution in [2.75, 3.05) is 20.3 Å². The maximum atomic E-state index is 12.7. The van der Waals surface area contributed by atoms with Gasteiger partial charge >= 0.3 is 12.7 Å². The van der Waals surface area contributed by atoms with E-state index in [1.54, 1.807) is 0 Å². The van der Waals surface area contributed by atoms with Crippen molar-refractivity contribution in [1.29, 1.82) is 0 Å². The van der Waals surface area contributed by atoms with Gasteiger partial charge in [0.1, 0.15) is 30.5 Å². The van der Waals surface area contributed by atoms with Gasteiger partial charge in [-0.25, -0.2) is 0 Å². The van der Waals surface area contributed by atoms with Gasteiger partial charge in [-0.15, -0.1) is 26.3 Å². The zero-order valence-electron chi connectivity index (χ0n) is 22.0. The van der Waals surface area contributed by atoms with Crippen LogP contribution in [0.15, 0.2) is 36.4 Å². The minimum Gasteiger partial charge on any atom is -0.497 e. The normalized spacial score (nSPS) is 13.2. The Bertz CT molecular complexity index is 948. The molecule has 214 valence electrons. The fourth-order valence-electron chi connectivity index (χ4n) is 3.97. The second-order valence-corrected chi connectivity index (χ2v) is 9.49. The summed E-state index contributed by atoms with van der Waals surface area (Å²) in [6.07, 6.45) is -8.86. The number of hydrogen-bond donors (Lipinski definition) is 0. The zero-order chi connectivity index (χ0) is 28.5. The number of alkyl halides is 6. The third kappa shape index (κ3) is 11.0. The Hall–Kier alpha value is -2.66. The zero-order valence-corrected chi connectivity index (χ0v) is 22.0. The average Bonchev–Trinajstić information content (AvgIpc) is 2.82. The van der Waals surface area contributed by atoms with Gasteiger partial charge in [-0.05, 0) is 54.0 Å². The second-order valence-electron chi connectivity index (χ2n) is 9.49. The molecule has 0 aliphatic carbocycles. The molecule has 0 saturated carbocycles. The molecular formula is C27H34F6O5. The molecule has 5 nitrogen and oxygen atoms in total. The van der Waals surface area contributed by atoms with E-state index >= 15 is 0 Å². The number of rotatable bonds is 14. The molecule has 0 bridgehead atoms. The van der Waals surface area contributed by atoms with Gasteiger partial charge < -0.3 is 14.2 Å². The van der Waals surface area contributed by atoms with Gasteiger partial charge in [0.2, 0.25) is 0 Å². The van der Waals surface area contributed by atoms with E-state index in [2.05, 4.69) is 37.2 Å². The van der Waals surface area contributed by atoms with Crippen LogP contribution in [-0.2, 0) is 22.7 Å². The highest BCUT2D eigenvalue weighted by Gasteiger charge is 2.32. The fourth-order valence-corrected chi connectivity index (χ4v) is 3.97. The lowest BCUT2D eigenvalue weighted by atomic mass is 9.82. The Balaban J connectivity index is 2.13. The third-order valence-electron chi connectivity index (χ3n) is 5.67. The summed E-state index contributed by atoms with van der Waals surface area (Å²) in [5.41, 5.74) is 0.882. The van der Waals surface area contributed by atoms with E-state index in [1.807, 2.05) is 24.3 Å². The maximum absolute atomic E-state index is 12.7. The quantitative estimate of drug-likeness (QED) is 0.176. The van der Waals surface area contributed by atoms with Crippen LogP contribution >= 0.6 is 0 Å². The third-order valence-corrected chi connectivity index (χ3v) is 5.67. The first-order valence-corrected chi connectivity index (χ1v) is 12.1. The first-order valence-electron chi connectivity index (χ1n) is 12.1. The molecule has 0 amide bonds. The molecule has 0 aliphatic rings. The summed E-state index contributed by atoms with van der Waals surface area (Å²) in [7, 11) is 1.23. The lowest BCUT2D eigenvalue weighted by Crippen LogP contribution is -2.17. The summed E-state index contributed by atoms with van der Waals surface area (Å²) < 4.78 is 99.9. The van der Waals surface area contributed by atoms with E-state index in [0.29, 0.717) is 23.5 Å². The minimum absolute atomic E-state index is 0.00981. The summed E-state index contributed by atoms with van der Waals surface area (Å²) in [5.74, 6) is 1.76. The van der Waals surface area contributed by atoms with Crippen LogP contribution in [0.2, 0.25) is 0 Å². The van der Waals surface area contributed by atoms with Gasteiger partial charge in [-0.1, -0.05) is 39.8 Å². The highest BCUT2D eigenvalue weighted by Crippen LogP contribution is 2.35. The summed E-state index contributed by atoms with van der Waals surface area (Å²) in [5, 5.41) is 0. The summed E-state index contributed by atoms with van der Waals surface area (Å²) in [6.45, 7) is 6.55. The van der Waals surface area contributed by atoms with Gasteiger partial charge in [0.05, 0.1) is 20.3 Å². The minimum atomic E-state index is -4.96. The number of halogens is 6. The largest absolute Gasteiger partial charge is 0.522 e. The summed E-state index contributed by atoms with van der Waals surface area (Å²) in [6, 6.07) is 10.0. The first kappa shape index (κ1) is 31.6. The molecule has 0 N–H and O–H groups in total. The molecule has 0 heterocycles. The molecule has 2 aromatic carbocycles. The molecule has 2 rings (SSSR count). The molecule has 0 radical (unpaired) electrons. The fraction of sp³-hybridized carbons (Fsp3) is 0.556. The Labute approximate surface area is 219 Å². The van der Waals surface area contributed by atoms with Crippen LogP contribution in [0.1, 0.15) is 56.7 Å². The highest BCUT2D eigenvalue weighted by atomic mass is 19.4. The second kappa shape index (κ2) is 13.9. The van der Waals surface area contributed by atoms with Crippen LogP contribution in [0, 0.1) is 11.8 Å². The predicted molar refractivity (Wildman–Crippen MR) is 129 cm³/mol. The van der Waals surface area contributed by atoms with Crippen LogP contribution < -0.4 is 14.2 Å². The molecule has 38 heavy (non-hydrogen) atoms. The summed E-state index contributed by atoms with van der Waals surface area (Å²) >= 11 is 0. The highest BCUT2D eigenvalue weighted by molar-refractivity contribution is 5.47. The van der Waals surface area contributed by atoms with E-state index in [4.69, 9.17) is 14.2 Å². The van der Waals surface area contributed by atoms with Crippen molar-refractivity contribution in [2.24, 2.45) is 11.8 Å². The van der Waals surface area contributed by atoms with E-state index < -0.39 is 25.9 Å². The predicted octanol–water partition coefficient (Wildman–Crippen LogP) is 8.01. The SMILES string of the molecule is COc1cc(COC(F)(F)F)c(OCCOc2ccc(C(CC(C)C)C(C)C)cc2)c(COC(F)(F)F)c1. The van der Waals surface area contributed by atoms with Crippen LogP contribution in [0.3, 0.4) is 0 Å². The Kier molecular flexibility index (Phi) is 11.6. The molecule has 0 aliphatic heterocycles. The van der Waals surface area contributed by atoms with Crippen molar-refractivity contribution < 1.29 is 50.0 Å². The number of benzene rings is 2. The van der Waals surface area contributed by atoms with Crippen molar-refractivity contribution >= 4 is 0 Å². The topological polar surface area (TPSA) is 46.2 Å². The smallest absolute Gasteiger partial charge is 0.497 e. The van der Waals surface area contributed by atoms with E-state index in [-0.39, 0.29) is 35.8 Å². The molecule has 0 spiro atoms. The van der Waals surface area contributed by atoms with E-state index in [0.717, 1.165) is 6.42 Å². The van der Waals surface area contributed by atoms with Crippen LogP contribution in [0.4, 0.5) is 26.3 Å². The number of methoxy groups -OCH3 is 1.